The number of carbonyl (C=O) groups is 1. The van der Waals surface area contributed by atoms with Gasteiger partial charge in [0.15, 0.2) is 11.5 Å². The minimum Gasteiger partial charge on any atom is -0.508 e. The molecule has 1 aliphatic rings. The number of hydrogen-bond acceptors (Lipinski definition) is 6. The van der Waals surface area contributed by atoms with E-state index in [-0.39, 0.29) is 11.7 Å². The van der Waals surface area contributed by atoms with Crippen LogP contribution in [0.25, 0.3) is 22.6 Å². The number of imidazole rings is 1. The van der Waals surface area contributed by atoms with Crippen molar-refractivity contribution in [1.29, 1.82) is 0 Å². The molecule has 1 aromatic carbocycles. The molecule has 3 aromatic heterocycles. The Morgan fingerprint density at radius 2 is 1.94 bits per heavy atom. The van der Waals surface area contributed by atoms with Crippen molar-refractivity contribution in [2.75, 3.05) is 5.32 Å². The number of aromatic nitrogens is 5. The lowest BCUT2D eigenvalue weighted by atomic mass is 10.2. The molecule has 2 N–H and O–H groups in total. The van der Waals surface area contributed by atoms with E-state index in [1.807, 2.05) is 13.0 Å². The van der Waals surface area contributed by atoms with Crippen molar-refractivity contribution in [3.05, 3.63) is 59.8 Å². The third-order valence-electron chi connectivity index (χ3n) is 5.45. The summed E-state index contributed by atoms with van der Waals surface area (Å²) in [6.07, 6.45) is 7.39. The number of aromatic hydroxyl groups is 1. The normalized spacial score (nSPS) is 13.6. The summed E-state index contributed by atoms with van der Waals surface area (Å²) in [4.78, 5) is 31.1. The molecule has 0 radical (unpaired) electrons. The lowest BCUT2D eigenvalue weighted by Gasteiger charge is -2.08. The van der Waals surface area contributed by atoms with Crippen LogP contribution in [0.3, 0.4) is 0 Å². The molecule has 0 aliphatic carbocycles. The number of fused-ring (bicyclic) bond motifs is 3. The Kier molecular flexibility index (Phi) is 4.82. The summed E-state index contributed by atoms with van der Waals surface area (Å²) < 4.78 is 2.15. The molecule has 156 valence electrons. The number of benzene rings is 1. The second-order valence-corrected chi connectivity index (χ2v) is 7.77. The number of rotatable bonds is 3. The average Bonchev–Trinajstić information content (AvgIpc) is 2.94. The monoisotopic (exact) mass is 414 g/mol. The summed E-state index contributed by atoms with van der Waals surface area (Å²) >= 11 is 0. The van der Waals surface area contributed by atoms with Gasteiger partial charge in [-0.2, -0.15) is 0 Å². The summed E-state index contributed by atoms with van der Waals surface area (Å²) in [5, 5.41) is 12.5. The van der Waals surface area contributed by atoms with Gasteiger partial charge in [0.2, 0.25) is 0 Å². The van der Waals surface area contributed by atoms with Crippen LogP contribution in [0.2, 0.25) is 0 Å². The van der Waals surface area contributed by atoms with Gasteiger partial charge in [0.1, 0.15) is 17.1 Å². The SMILES string of the molecule is Cc1cc(C(=O)Nc2cnc(-c3cccc(O)c3)nc2)c2nc3n(c2n1)CCCCC3. The molecular weight excluding hydrogens is 392 g/mol. The van der Waals surface area contributed by atoms with E-state index in [1.54, 1.807) is 36.7 Å². The first kappa shape index (κ1) is 19.2. The molecule has 0 atom stereocenters. The molecule has 4 heterocycles. The number of carbonyl (C=O) groups excluding carboxylic acids is 1. The fraction of sp³-hybridized carbons (Fsp3) is 0.261. The molecule has 4 aromatic rings. The number of nitrogens with zero attached hydrogens (tertiary/aromatic N) is 5. The van der Waals surface area contributed by atoms with E-state index in [4.69, 9.17) is 4.98 Å². The smallest absolute Gasteiger partial charge is 0.258 e. The predicted octanol–water partition coefficient (Wildman–Crippen LogP) is 3.88. The molecule has 0 saturated heterocycles. The molecule has 0 bridgehead atoms. The first-order chi connectivity index (χ1) is 15.1. The van der Waals surface area contributed by atoms with Crippen molar-refractivity contribution in [3.63, 3.8) is 0 Å². The molecule has 8 heteroatoms. The fourth-order valence-corrected chi connectivity index (χ4v) is 3.97. The Labute approximate surface area is 179 Å². The first-order valence-corrected chi connectivity index (χ1v) is 10.4. The van der Waals surface area contributed by atoms with Gasteiger partial charge < -0.3 is 15.0 Å². The van der Waals surface area contributed by atoms with Crippen molar-refractivity contribution in [3.8, 4) is 17.1 Å². The van der Waals surface area contributed by atoms with Gasteiger partial charge in [-0.15, -0.1) is 0 Å². The minimum absolute atomic E-state index is 0.147. The molecule has 0 spiro atoms. The van der Waals surface area contributed by atoms with Crippen molar-refractivity contribution in [2.24, 2.45) is 0 Å². The molecule has 5 rings (SSSR count). The first-order valence-electron chi connectivity index (χ1n) is 10.4. The van der Waals surface area contributed by atoms with Crippen LogP contribution in [-0.2, 0) is 13.0 Å². The van der Waals surface area contributed by atoms with Gasteiger partial charge in [-0.3, -0.25) is 4.79 Å². The zero-order chi connectivity index (χ0) is 21.4. The van der Waals surface area contributed by atoms with Gasteiger partial charge in [-0.25, -0.2) is 19.9 Å². The number of phenols is 1. The quantitative estimate of drug-likeness (QED) is 0.527. The highest BCUT2D eigenvalue weighted by Crippen LogP contribution is 2.25. The summed E-state index contributed by atoms with van der Waals surface area (Å²) in [6.45, 7) is 2.77. The Balaban J connectivity index is 1.44. The van der Waals surface area contributed by atoms with E-state index in [1.165, 1.54) is 6.42 Å². The van der Waals surface area contributed by atoms with E-state index in [0.29, 0.717) is 28.2 Å². The van der Waals surface area contributed by atoms with E-state index in [0.717, 1.165) is 43.0 Å². The highest BCUT2D eigenvalue weighted by Gasteiger charge is 2.21. The second kappa shape index (κ2) is 7.79. The summed E-state index contributed by atoms with van der Waals surface area (Å²) in [6, 6.07) is 8.49. The third-order valence-corrected chi connectivity index (χ3v) is 5.45. The van der Waals surface area contributed by atoms with Crippen LogP contribution in [0.4, 0.5) is 5.69 Å². The van der Waals surface area contributed by atoms with Gasteiger partial charge >= 0.3 is 0 Å². The lowest BCUT2D eigenvalue weighted by Crippen LogP contribution is -2.14. The maximum atomic E-state index is 13.1. The molecule has 8 nitrogen and oxygen atoms in total. The van der Waals surface area contributed by atoms with E-state index in [2.05, 4.69) is 24.8 Å². The topological polar surface area (TPSA) is 106 Å². The largest absolute Gasteiger partial charge is 0.508 e. The second-order valence-electron chi connectivity index (χ2n) is 7.77. The molecule has 0 fully saturated rings. The average molecular weight is 414 g/mol. The highest BCUT2D eigenvalue weighted by atomic mass is 16.3. The van der Waals surface area contributed by atoms with Crippen molar-refractivity contribution in [2.45, 2.75) is 39.2 Å². The zero-order valence-corrected chi connectivity index (χ0v) is 17.2. The van der Waals surface area contributed by atoms with Crippen LogP contribution in [-0.4, -0.2) is 35.5 Å². The fourth-order valence-electron chi connectivity index (χ4n) is 3.97. The lowest BCUT2D eigenvalue weighted by molar-refractivity contribution is 0.102. The number of phenolic OH excluding ortho intramolecular Hbond substituents is 1. The van der Waals surface area contributed by atoms with Crippen molar-refractivity contribution in [1.82, 2.24) is 24.5 Å². The number of anilines is 1. The van der Waals surface area contributed by atoms with Crippen LogP contribution >= 0.6 is 0 Å². The Morgan fingerprint density at radius 1 is 1.10 bits per heavy atom. The van der Waals surface area contributed by atoms with Crippen LogP contribution < -0.4 is 5.32 Å². The number of pyridine rings is 1. The van der Waals surface area contributed by atoms with Crippen molar-refractivity contribution < 1.29 is 9.90 Å². The summed E-state index contributed by atoms with van der Waals surface area (Å²) in [5.74, 6) is 1.35. The highest BCUT2D eigenvalue weighted by molar-refractivity contribution is 6.11. The van der Waals surface area contributed by atoms with Gasteiger partial charge in [-0.05, 0) is 38.0 Å². The van der Waals surface area contributed by atoms with Gasteiger partial charge in [0.25, 0.3) is 5.91 Å². The Morgan fingerprint density at radius 3 is 2.74 bits per heavy atom. The molecule has 0 saturated carbocycles. The third kappa shape index (κ3) is 3.72. The minimum atomic E-state index is -0.266. The van der Waals surface area contributed by atoms with E-state index in [9.17, 15) is 9.90 Å². The zero-order valence-electron chi connectivity index (χ0n) is 17.2. The standard InChI is InChI=1S/C23H22N6O2/c1-14-10-18(20-22(26-14)29-9-4-2-3-8-19(29)28-20)23(31)27-16-12-24-21(25-13-16)15-6-5-7-17(30)11-15/h5-7,10-13,30H,2-4,8-9H2,1H3,(H,27,31). The number of nitrogens with one attached hydrogen (secondary N) is 1. The Hall–Kier alpha value is -3.81. The van der Waals surface area contributed by atoms with Gasteiger partial charge in [0.05, 0.1) is 23.6 Å². The van der Waals surface area contributed by atoms with Crippen molar-refractivity contribution >= 4 is 22.8 Å². The molecular formula is C23H22N6O2. The molecule has 31 heavy (non-hydrogen) atoms. The van der Waals surface area contributed by atoms with E-state index >= 15 is 0 Å². The number of amides is 1. The van der Waals surface area contributed by atoms with Crippen LogP contribution in [0.15, 0.2) is 42.7 Å². The molecule has 1 aliphatic heterocycles. The van der Waals surface area contributed by atoms with Gasteiger partial charge in [0, 0.05) is 24.2 Å². The van der Waals surface area contributed by atoms with Crippen LogP contribution in [0, 0.1) is 6.92 Å². The summed E-state index contributed by atoms with van der Waals surface area (Å²) in [7, 11) is 0. The molecule has 0 unspecified atom stereocenters. The maximum absolute atomic E-state index is 13.1. The number of hydrogen-bond donors (Lipinski definition) is 2. The Bertz CT molecular complexity index is 1280. The van der Waals surface area contributed by atoms with Gasteiger partial charge in [-0.1, -0.05) is 18.6 Å². The molecule has 1 amide bonds. The maximum Gasteiger partial charge on any atom is 0.258 e. The summed E-state index contributed by atoms with van der Waals surface area (Å²) in [5.41, 5.74) is 3.87. The van der Waals surface area contributed by atoms with Crippen LogP contribution in [0.1, 0.15) is 41.1 Å². The van der Waals surface area contributed by atoms with Crippen LogP contribution in [0.5, 0.6) is 5.75 Å². The number of aryl methyl sites for hydroxylation is 3. The predicted molar refractivity (Wildman–Crippen MR) is 117 cm³/mol. The van der Waals surface area contributed by atoms with E-state index < -0.39 is 0 Å².